The molecule has 0 fully saturated rings. The molecule has 0 radical (unpaired) electrons. The van der Waals surface area contributed by atoms with Gasteiger partial charge in [-0.25, -0.2) is 8.42 Å². The summed E-state index contributed by atoms with van der Waals surface area (Å²) in [5.41, 5.74) is 0. The molecule has 0 saturated carbocycles. The fourth-order valence-electron chi connectivity index (χ4n) is 1.66. The van der Waals surface area contributed by atoms with Crippen LogP contribution in [-0.4, -0.2) is 52.5 Å². The largest absolute Gasteiger partial charge is 0.385 e. The number of hydrogen-bond donors (Lipinski definition) is 1. The van der Waals surface area contributed by atoms with E-state index in [2.05, 4.69) is 10.5 Å². The molecule has 21 heavy (non-hydrogen) atoms. The summed E-state index contributed by atoms with van der Waals surface area (Å²) in [6.45, 7) is 2.74. The van der Waals surface area contributed by atoms with Crippen molar-refractivity contribution in [2.75, 3.05) is 37.4 Å². The first kappa shape index (κ1) is 17.4. The van der Waals surface area contributed by atoms with Crippen LogP contribution in [0, 0.1) is 6.92 Å². The molecule has 0 aliphatic rings. The molecule has 120 valence electrons. The summed E-state index contributed by atoms with van der Waals surface area (Å²) in [7, 11) is -1.93. The maximum atomic E-state index is 11.7. The van der Waals surface area contributed by atoms with Gasteiger partial charge in [0.2, 0.25) is 15.9 Å². The van der Waals surface area contributed by atoms with Crippen LogP contribution in [0.2, 0.25) is 0 Å². The number of anilines is 1. The number of ether oxygens (including phenoxy) is 1. The van der Waals surface area contributed by atoms with Crippen LogP contribution < -0.4 is 9.62 Å². The number of aromatic nitrogens is 1. The quantitative estimate of drug-likeness (QED) is 0.657. The Bertz CT molecular complexity index is 555. The van der Waals surface area contributed by atoms with E-state index in [4.69, 9.17) is 9.26 Å². The second-order valence-electron chi connectivity index (χ2n) is 4.58. The van der Waals surface area contributed by atoms with Crippen LogP contribution in [-0.2, 0) is 19.6 Å². The molecule has 1 aromatic rings. The van der Waals surface area contributed by atoms with Crippen LogP contribution in [0.3, 0.4) is 0 Å². The first-order valence-corrected chi connectivity index (χ1v) is 8.36. The van der Waals surface area contributed by atoms with Crippen LogP contribution in [0.25, 0.3) is 0 Å². The third-order valence-corrected chi connectivity index (χ3v) is 3.83. The first-order chi connectivity index (χ1) is 9.84. The van der Waals surface area contributed by atoms with Crippen molar-refractivity contribution < 1.29 is 22.5 Å². The zero-order valence-corrected chi connectivity index (χ0v) is 13.3. The van der Waals surface area contributed by atoms with Crippen molar-refractivity contribution in [3.63, 3.8) is 0 Å². The number of amides is 1. The Morgan fingerprint density at radius 2 is 2.24 bits per heavy atom. The number of carbonyl (C=O) groups excluding carboxylic acids is 1. The average molecular weight is 319 g/mol. The molecular formula is C12H21N3O5S. The van der Waals surface area contributed by atoms with Crippen molar-refractivity contribution in [2.24, 2.45) is 0 Å². The number of carbonyl (C=O) groups is 1. The van der Waals surface area contributed by atoms with Gasteiger partial charge in [-0.15, -0.1) is 0 Å². The Hall–Kier alpha value is -1.61. The summed E-state index contributed by atoms with van der Waals surface area (Å²) in [6.07, 6.45) is 1.82. The van der Waals surface area contributed by atoms with Gasteiger partial charge in [0, 0.05) is 39.3 Å². The molecule has 0 bridgehead atoms. The average Bonchev–Trinajstić information content (AvgIpc) is 2.80. The minimum atomic E-state index is -3.52. The van der Waals surface area contributed by atoms with Gasteiger partial charge in [0.25, 0.3) is 0 Å². The fourth-order valence-corrected chi connectivity index (χ4v) is 2.51. The zero-order chi connectivity index (χ0) is 15.9. The molecule has 1 heterocycles. The minimum Gasteiger partial charge on any atom is -0.385 e. The van der Waals surface area contributed by atoms with Gasteiger partial charge in [0.05, 0.1) is 6.26 Å². The molecule has 0 aliphatic heterocycles. The second-order valence-corrected chi connectivity index (χ2v) is 6.48. The number of nitrogens with zero attached hydrogens (tertiary/aromatic N) is 2. The molecule has 0 atom stereocenters. The number of rotatable bonds is 9. The Morgan fingerprint density at radius 3 is 2.76 bits per heavy atom. The molecular weight excluding hydrogens is 298 g/mol. The van der Waals surface area contributed by atoms with Crippen LogP contribution in [0.5, 0.6) is 0 Å². The lowest BCUT2D eigenvalue weighted by Crippen LogP contribution is -2.35. The fraction of sp³-hybridized carbons (Fsp3) is 0.667. The summed E-state index contributed by atoms with van der Waals surface area (Å²) < 4.78 is 34.3. The molecule has 0 aromatic carbocycles. The molecule has 0 unspecified atom stereocenters. The summed E-state index contributed by atoms with van der Waals surface area (Å²) >= 11 is 0. The highest BCUT2D eigenvalue weighted by atomic mass is 32.2. The van der Waals surface area contributed by atoms with Crippen molar-refractivity contribution in [1.29, 1.82) is 0 Å². The van der Waals surface area contributed by atoms with Crippen LogP contribution in [0.4, 0.5) is 5.82 Å². The molecule has 9 heteroatoms. The lowest BCUT2D eigenvalue weighted by atomic mass is 10.3. The number of hydrogen-bond acceptors (Lipinski definition) is 6. The summed E-state index contributed by atoms with van der Waals surface area (Å²) in [4.78, 5) is 11.7. The second kappa shape index (κ2) is 7.99. The SMILES string of the molecule is COCCCNC(=O)CCN(c1cc(C)on1)S(C)(=O)=O. The number of methoxy groups -OCH3 is 1. The molecule has 1 aromatic heterocycles. The van der Waals surface area contributed by atoms with Crippen molar-refractivity contribution >= 4 is 21.7 Å². The smallest absolute Gasteiger partial charge is 0.233 e. The first-order valence-electron chi connectivity index (χ1n) is 6.51. The minimum absolute atomic E-state index is 0.0148. The maximum Gasteiger partial charge on any atom is 0.233 e. The molecule has 1 amide bonds. The predicted molar refractivity (Wildman–Crippen MR) is 77.5 cm³/mol. The standard InChI is InChI=1S/C12H21N3O5S/c1-10-9-11(14-20-10)15(21(3,17)18)7-5-12(16)13-6-4-8-19-2/h9H,4-8H2,1-3H3,(H,13,16). The van der Waals surface area contributed by atoms with Gasteiger partial charge in [0.1, 0.15) is 5.76 Å². The highest BCUT2D eigenvalue weighted by Crippen LogP contribution is 2.17. The van der Waals surface area contributed by atoms with E-state index in [-0.39, 0.29) is 24.7 Å². The summed E-state index contributed by atoms with van der Waals surface area (Å²) in [5, 5.41) is 6.37. The Kier molecular flexibility index (Phi) is 6.63. The van der Waals surface area contributed by atoms with Crippen molar-refractivity contribution in [1.82, 2.24) is 10.5 Å². The van der Waals surface area contributed by atoms with E-state index in [1.165, 1.54) is 6.07 Å². The van der Waals surface area contributed by atoms with Gasteiger partial charge < -0.3 is 14.6 Å². The zero-order valence-electron chi connectivity index (χ0n) is 12.5. The Morgan fingerprint density at radius 1 is 1.52 bits per heavy atom. The van der Waals surface area contributed by atoms with Gasteiger partial charge >= 0.3 is 0 Å². The van der Waals surface area contributed by atoms with Gasteiger partial charge in [-0.3, -0.25) is 9.10 Å². The number of sulfonamides is 1. The van der Waals surface area contributed by atoms with E-state index in [0.717, 1.165) is 10.6 Å². The van der Waals surface area contributed by atoms with Gasteiger partial charge in [-0.05, 0) is 13.3 Å². The van der Waals surface area contributed by atoms with Crippen molar-refractivity contribution in [2.45, 2.75) is 19.8 Å². The van der Waals surface area contributed by atoms with E-state index < -0.39 is 10.0 Å². The van der Waals surface area contributed by atoms with E-state index in [0.29, 0.717) is 25.3 Å². The number of aryl methyl sites for hydroxylation is 1. The third-order valence-electron chi connectivity index (χ3n) is 2.66. The molecule has 0 saturated heterocycles. The van der Waals surface area contributed by atoms with E-state index in [1.54, 1.807) is 14.0 Å². The normalized spacial score (nSPS) is 11.4. The monoisotopic (exact) mass is 319 g/mol. The highest BCUT2D eigenvalue weighted by Gasteiger charge is 2.21. The van der Waals surface area contributed by atoms with E-state index in [9.17, 15) is 13.2 Å². The Balaban J connectivity index is 2.54. The van der Waals surface area contributed by atoms with Crippen molar-refractivity contribution in [3.8, 4) is 0 Å². The predicted octanol–water partition coefficient (Wildman–Crippen LogP) is 0.292. The van der Waals surface area contributed by atoms with Crippen molar-refractivity contribution in [3.05, 3.63) is 11.8 Å². The molecule has 8 nitrogen and oxygen atoms in total. The molecule has 1 rings (SSSR count). The van der Waals surface area contributed by atoms with Gasteiger partial charge in [-0.1, -0.05) is 5.16 Å². The lowest BCUT2D eigenvalue weighted by Gasteiger charge is -2.18. The number of nitrogens with one attached hydrogen (secondary N) is 1. The Labute approximate surface area is 124 Å². The van der Waals surface area contributed by atoms with Gasteiger partial charge in [-0.2, -0.15) is 0 Å². The van der Waals surface area contributed by atoms with E-state index >= 15 is 0 Å². The van der Waals surface area contributed by atoms with E-state index in [1.807, 2.05) is 0 Å². The van der Waals surface area contributed by atoms with Crippen LogP contribution in [0.1, 0.15) is 18.6 Å². The lowest BCUT2D eigenvalue weighted by molar-refractivity contribution is -0.120. The third kappa shape index (κ3) is 6.13. The molecule has 1 N–H and O–H groups in total. The summed E-state index contributed by atoms with van der Waals surface area (Å²) in [6, 6.07) is 1.51. The summed E-state index contributed by atoms with van der Waals surface area (Å²) in [5.74, 6) is 0.463. The van der Waals surface area contributed by atoms with Gasteiger partial charge in [0.15, 0.2) is 5.82 Å². The molecule has 0 aliphatic carbocycles. The van der Waals surface area contributed by atoms with Crippen LogP contribution in [0.15, 0.2) is 10.6 Å². The maximum absolute atomic E-state index is 11.7. The highest BCUT2D eigenvalue weighted by molar-refractivity contribution is 7.92. The molecule has 0 spiro atoms. The van der Waals surface area contributed by atoms with Crippen LogP contribution >= 0.6 is 0 Å². The topological polar surface area (TPSA) is 102 Å².